The largest absolute Gasteiger partial charge is 0.453 e. The van der Waals surface area contributed by atoms with E-state index < -0.39 is 6.09 Å². The molecule has 28 heavy (non-hydrogen) atoms. The van der Waals surface area contributed by atoms with E-state index in [0.29, 0.717) is 17.9 Å². The van der Waals surface area contributed by atoms with Crippen molar-refractivity contribution in [3.8, 4) is 0 Å². The summed E-state index contributed by atoms with van der Waals surface area (Å²) < 4.78 is 10.5. The summed E-state index contributed by atoms with van der Waals surface area (Å²) in [6, 6.07) is 0.625. The van der Waals surface area contributed by atoms with E-state index in [9.17, 15) is 9.59 Å². The first-order valence-corrected chi connectivity index (χ1v) is 10.9. The van der Waals surface area contributed by atoms with Crippen molar-refractivity contribution in [3.63, 3.8) is 0 Å². The summed E-state index contributed by atoms with van der Waals surface area (Å²) in [5.74, 6) is 1.14. The number of ether oxygens (including phenoxy) is 2. The highest BCUT2D eigenvalue weighted by Crippen LogP contribution is 2.39. The van der Waals surface area contributed by atoms with Gasteiger partial charge in [-0.05, 0) is 56.8 Å². The minimum absolute atomic E-state index is 0.0357. The molecule has 1 aliphatic carbocycles. The number of piperidine rings is 1. The second-order valence-electron chi connectivity index (χ2n) is 8.93. The summed E-state index contributed by atoms with van der Waals surface area (Å²) in [5.41, 5.74) is 0. The van der Waals surface area contributed by atoms with E-state index in [2.05, 4.69) is 16.0 Å². The van der Waals surface area contributed by atoms with Crippen LogP contribution in [0.5, 0.6) is 0 Å². The Bertz CT molecular complexity index is 544. The van der Waals surface area contributed by atoms with Crippen LogP contribution in [0.15, 0.2) is 0 Å². The van der Waals surface area contributed by atoms with Gasteiger partial charge in [-0.2, -0.15) is 0 Å². The number of methoxy groups -OCH3 is 2. The Morgan fingerprint density at radius 1 is 1.07 bits per heavy atom. The average Bonchev–Trinajstić information content (AvgIpc) is 2.70. The van der Waals surface area contributed by atoms with Crippen LogP contribution in [0.3, 0.4) is 0 Å². The van der Waals surface area contributed by atoms with Crippen LogP contribution in [0, 0.1) is 17.8 Å². The number of rotatable bonds is 2. The van der Waals surface area contributed by atoms with Crippen molar-refractivity contribution in [2.24, 2.45) is 17.8 Å². The van der Waals surface area contributed by atoms with Gasteiger partial charge in [0.25, 0.3) is 0 Å². The number of fused-ring (bicyclic) bond motifs is 4. The molecule has 7 nitrogen and oxygen atoms in total. The number of amides is 2. The van der Waals surface area contributed by atoms with Crippen molar-refractivity contribution in [2.45, 2.75) is 89.1 Å². The van der Waals surface area contributed by atoms with Crippen molar-refractivity contribution in [2.75, 3.05) is 14.2 Å². The molecule has 2 amide bonds. The number of hydrogen-bond donors (Lipinski definition) is 3. The van der Waals surface area contributed by atoms with Gasteiger partial charge in [0.05, 0.1) is 7.11 Å². The summed E-state index contributed by atoms with van der Waals surface area (Å²) in [5, 5.41) is 9.95. The van der Waals surface area contributed by atoms with Crippen LogP contribution < -0.4 is 16.0 Å². The molecule has 7 atom stereocenters. The number of hydrogen-bond acceptors (Lipinski definition) is 5. The Kier molecular flexibility index (Phi) is 7.57. The zero-order valence-electron chi connectivity index (χ0n) is 17.5. The molecule has 7 heteroatoms. The maximum atomic E-state index is 12.8. The number of nitrogens with one attached hydrogen (secondary N) is 3. The monoisotopic (exact) mass is 395 g/mol. The molecule has 0 unspecified atom stereocenters. The van der Waals surface area contributed by atoms with Gasteiger partial charge in [0.2, 0.25) is 5.91 Å². The Morgan fingerprint density at radius 3 is 2.61 bits per heavy atom. The van der Waals surface area contributed by atoms with Crippen LogP contribution in [0.4, 0.5) is 4.79 Å². The number of alkyl carbamates (subject to hydrolysis) is 1. The van der Waals surface area contributed by atoms with Crippen LogP contribution in [0.2, 0.25) is 0 Å². The first-order chi connectivity index (χ1) is 13.5. The summed E-state index contributed by atoms with van der Waals surface area (Å²) in [6.07, 6.45) is 8.82. The van der Waals surface area contributed by atoms with Gasteiger partial charge in [-0.15, -0.1) is 0 Å². The van der Waals surface area contributed by atoms with Crippen molar-refractivity contribution in [1.29, 1.82) is 0 Å². The van der Waals surface area contributed by atoms with Gasteiger partial charge >= 0.3 is 6.09 Å². The molecule has 0 aromatic rings. The third-order valence-corrected chi connectivity index (χ3v) is 7.04. The lowest BCUT2D eigenvalue weighted by molar-refractivity contribution is -0.126. The van der Waals surface area contributed by atoms with Crippen molar-refractivity contribution >= 4 is 12.0 Å². The molecular formula is C21H37N3O4. The van der Waals surface area contributed by atoms with Crippen molar-refractivity contribution < 1.29 is 19.1 Å². The number of carbonyl (C=O) groups is 2. The third-order valence-electron chi connectivity index (χ3n) is 7.04. The molecule has 3 rings (SSSR count). The van der Waals surface area contributed by atoms with Crippen LogP contribution in [0.1, 0.15) is 64.7 Å². The predicted molar refractivity (Wildman–Crippen MR) is 107 cm³/mol. The molecule has 0 aromatic carbocycles. The second kappa shape index (κ2) is 9.92. The van der Waals surface area contributed by atoms with Crippen LogP contribution in [-0.4, -0.2) is 50.6 Å². The highest BCUT2D eigenvalue weighted by Gasteiger charge is 2.41. The Morgan fingerprint density at radius 2 is 1.86 bits per heavy atom. The summed E-state index contributed by atoms with van der Waals surface area (Å²) >= 11 is 0. The van der Waals surface area contributed by atoms with Gasteiger partial charge in [-0.25, -0.2) is 4.79 Å². The van der Waals surface area contributed by atoms with Gasteiger partial charge in [-0.3, -0.25) is 10.1 Å². The predicted octanol–water partition coefficient (Wildman–Crippen LogP) is 2.55. The highest BCUT2D eigenvalue weighted by molar-refractivity contribution is 5.78. The van der Waals surface area contributed by atoms with Crippen molar-refractivity contribution in [1.82, 2.24) is 16.0 Å². The maximum absolute atomic E-state index is 12.8. The second-order valence-corrected chi connectivity index (χ2v) is 8.93. The Labute approximate surface area is 168 Å². The van der Waals surface area contributed by atoms with E-state index >= 15 is 0 Å². The summed E-state index contributed by atoms with van der Waals surface area (Å²) in [7, 11) is 3.17. The molecule has 160 valence electrons. The summed E-state index contributed by atoms with van der Waals surface area (Å²) in [4.78, 5) is 24.5. The normalized spacial score (nSPS) is 39.5. The molecule has 3 fully saturated rings. The van der Waals surface area contributed by atoms with Crippen molar-refractivity contribution in [3.05, 3.63) is 0 Å². The standard InChI is InChI=1S/C21H37N3O4/c1-13-6-4-5-7-15-10-14(11-19(22-15)27-2)17-9-8-16(23-21(26)28-3)12-18(17)24-20(13)25/h13-19,22H,4-12H2,1-3H3,(H,23,26)(H,24,25)/t13-,14-,15-,16-,17-,18-,19-/m0/s1. The van der Waals surface area contributed by atoms with E-state index in [1.165, 1.54) is 7.11 Å². The average molecular weight is 396 g/mol. The first kappa shape index (κ1) is 21.4. The minimum Gasteiger partial charge on any atom is -0.453 e. The van der Waals surface area contributed by atoms with E-state index in [0.717, 1.165) is 57.8 Å². The molecule has 3 N–H and O–H groups in total. The Hall–Kier alpha value is -1.34. The minimum atomic E-state index is -0.391. The maximum Gasteiger partial charge on any atom is 0.407 e. The van der Waals surface area contributed by atoms with Gasteiger partial charge in [0.1, 0.15) is 6.23 Å². The Balaban J connectivity index is 1.77. The lowest BCUT2D eigenvalue weighted by atomic mass is 9.69. The molecule has 2 heterocycles. The molecule has 0 radical (unpaired) electrons. The van der Waals surface area contributed by atoms with Gasteiger partial charge in [0.15, 0.2) is 0 Å². The molecular weight excluding hydrogens is 358 g/mol. The molecule has 0 spiro atoms. The first-order valence-electron chi connectivity index (χ1n) is 10.9. The fourth-order valence-electron chi connectivity index (χ4n) is 5.43. The summed E-state index contributed by atoms with van der Waals surface area (Å²) in [6.45, 7) is 2.03. The van der Waals surface area contributed by atoms with Gasteiger partial charge < -0.3 is 20.1 Å². The third kappa shape index (κ3) is 5.38. The molecule has 2 bridgehead atoms. The lowest BCUT2D eigenvalue weighted by Crippen LogP contribution is -2.55. The fourth-order valence-corrected chi connectivity index (χ4v) is 5.43. The zero-order valence-corrected chi connectivity index (χ0v) is 17.5. The fraction of sp³-hybridized carbons (Fsp3) is 0.905. The van der Waals surface area contributed by atoms with Crippen LogP contribution in [-0.2, 0) is 14.3 Å². The van der Waals surface area contributed by atoms with Crippen LogP contribution >= 0.6 is 0 Å². The van der Waals surface area contributed by atoms with Gasteiger partial charge in [0, 0.05) is 31.2 Å². The topological polar surface area (TPSA) is 88.7 Å². The van der Waals surface area contributed by atoms with E-state index in [4.69, 9.17) is 9.47 Å². The van der Waals surface area contributed by atoms with E-state index in [1.807, 2.05) is 6.92 Å². The SMILES string of the molecule is COC(=O)N[C@H]1CC[C@H]2[C@H]3C[C@H](CCCC[C@H](C)C(=O)N[C@H]2C1)N[C@@H](OC)C3. The quantitative estimate of drug-likeness (QED) is 0.669. The van der Waals surface area contributed by atoms with E-state index in [-0.39, 0.29) is 30.1 Å². The molecule has 2 aliphatic heterocycles. The number of carbonyl (C=O) groups excluding carboxylic acids is 2. The van der Waals surface area contributed by atoms with Gasteiger partial charge in [-0.1, -0.05) is 19.8 Å². The molecule has 2 saturated heterocycles. The highest BCUT2D eigenvalue weighted by atomic mass is 16.5. The van der Waals surface area contributed by atoms with Crippen LogP contribution in [0.25, 0.3) is 0 Å². The molecule has 3 aliphatic rings. The zero-order chi connectivity index (χ0) is 20.1. The molecule has 0 aromatic heterocycles. The van der Waals surface area contributed by atoms with E-state index in [1.54, 1.807) is 7.11 Å². The lowest BCUT2D eigenvalue weighted by Gasteiger charge is -2.45. The molecule has 1 saturated carbocycles. The smallest absolute Gasteiger partial charge is 0.407 e.